The predicted octanol–water partition coefficient (Wildman–Crippen LogP) is 2.79. The van der Waals surface area contributed by atoms with Crippen molar-refractivity contribution >= 4 is 29.9 Å². The number of hydrogen-bond acceptors (Lipinski definition) is 3. The van der Waals surface area contributed by atoms with E-state index in [-0.39, 0.29) is 29.4 Å². The van der Waals surface area contributed by atoms with Gasteiger partial charge in [0.05, 0.1) is 5.69 Å². The van der Waals surface area contributed by atoms with Crippen LogP contribution in [0.3, 0.4) is 0 Å². The first kappa shape index (κ1) is 23.4. The van der Waals surface area contributed by atoms with E-state index < -0.39 is 0 Å². The lowest BCUT2D eigenvalue weighted by molar-refractivity contribution is 0.241. The summed E-state index contributed by atoms with van der Waals surface area (Å²) in [5.74, 6) is 0.852. The molecule has 150 valence electrons. The van der Waals surface area contributed by atoms with Crippen molar-refractivity contribution in [2.45, 2.75) is 20.3 Å². The molecule has 1 heterocycles. The first-order valence-electron chi connectivity index (χ1n) is 9.08. The zero-order valence-electron chi connectivity index (χ0n) is 17.1. The fraction of sp³-hybridized carbons (Fsp3) is 0.500. The summed E-state index contributed by atoms with van der Waals surface area (Å²) in [6.07, 6.45) is 4.68. The third-order valence-electron chi connectivity index (χ3n) is 4.11. The fourth-order valence-electron chi connectivity index (χ4n) is 3.02. The molecule has 2 aromatic rings. The molecule has 27 heavy (non-hydrogen) atoms. The zero-order valence-corrected chi connectivity index (χ0v) is 19.4. The Morgan fingerprint density at radius 3 is 2.44 bits per heavy atom. The standard InChI is InChI=1S/C20H32N6.HI/c1-20(2,16-25(4)5)15-23-19(21-3)22-13-11-17-7-9-18(10-8-17)26-14-6-12-24-26;/h6-10,12,14H,11,13,15-16H2,1-5H3,(H2,21,22,23);1H. The van der Waals surface area contributed by atoms with Crippen LogP contribution < -0.4 is 10.6 Å². The molecule has 0 aliphatic heterocycles. The van der Waals surface area contributed by atoms with E-state index in [0.717, 1.165) is 37.7 Å². The van der Waals surface area contributed by atoms with Crippen LogP contribution in [0.1, 0.15) is 19.4 Å². The minimum Gasteiger partial charge on any atom is -0.356 e. The van der Waals surface area contributed by atoms with Crippen molar-refractivity contribution in [2.24, 2.45) is 10.4 Å². The van der Waals surface area contributed by atoms with E-state index in [4.69, 9.17) is 0 Å². The topological polar surface area (TPSA) is 57.5 Å². The molecule has 0 atom stereocenters. The SMILES string of the molecule is CN=C(NCCc1ccc(-n2cccn2)cc1)NCC(C)(C)CN(C)C.I. The molecule has 0 fully saturated rings. The number of aliphatic imine (C=N–C) groups is 1. The molecule has 0 aliphatic carbocycles. The van der Waals surface area contributed by atoms with Crippen LogP contribution in [0.2, 0.25) is 0 Å². The lowest BCUT2D eigenvalue weighted by Crippen LogP contribution is -2.45. The lowest BCUT2D eigenvalue weighted by Gasteiger charge is -2.29. The summed E-state index contributed by atoms with van der Waals surface area (Å²) in [4.78, 5) is 6.53. The molecule has 0 bridgehead atoms. The molecular weight excluding hydrogens is 451 g/mol. The molecule has 0 saturated heterocycles. The number of benzene rings is 1. The smallest absolute Gasteiger partial charge is 0.191 e. The van der Waals surface area contributed by atoms with Gasteiger partial charge < -0.3 is 15.5 Å². The Hall–Kier alpha value is -1.61. The molecule has 7 heteroatoms. The van der Waals surface area contributed by atoms with Gasteiger partial charge in [-0.05, 0) is 49.7 Å². The van der Waals surface area contributed by atoms with E-state index in [1.54, 1.807) is 6.20 Å². The summed E-state index contributed by atoms with van der Waals surface area (Å²) < 4.78 is 1.86. The second-order valence-corrected chi connectivity index (χ2v) is 7.62. The van der Waals surface area contributed by atoms with Crippen LogP contribution in [-0.4, -0.2) is 61.4 Å². The molecule has 0 saturated carbocycles. The van der Waals surface area contributed by atoms with E-state index >= 15 is 0 Å². The molecule has 2 rings (SSSR count). The molecule has 0 unspecified atom stereocenters. The zero-order chi connectivity index (χ0) is 19.0. The first-order chi connectivity index (χ1) is 12.4. The Bertz CT molecular complexity index is 677. The predicted molar refractivity (Wildman–Crippen MR) is 124 cm³/mol. The number of rotatable bonds is 8. The van der Waals surface area contributed by atoms with Gasteiger partial charge in [0, 0.05) is 39.1 Å². The van der Waals surface area contributed by atoms with Crippen LogP contribution in [0, 0.1) is 5.41 Å². The van der Waals surface area contributed by atoms with Crippen LogP contribution in [0.25, 0.3) is 5.69 Å². The maximum atomic E-state index is 4.32. The van der Waals surface area contributed by atoms with Gasteiger partial charge in [-0.15, -0.1) is 24.0 Å². The van der Waals surface area contributed by atoms with E-state index in [9.17, 15) is 0 Å². The number of halogens is 1. The summed E-state index contributed by atoms with van der Waals surface area (Å²) in [6, 6.07) is 10.4. The van der Waals surface area contributed by atoms with Gasteiger partial charge in [-0.3, -0.25) is 4.99 Å². The highest BCUT2D eigenvalue weighted by atomic mass is 127. The molecule has 0 amide bonds. The van der Waals surface area contributed by atoms with Crippen LogP contribution in [-0.2, 0) is 6.42 Å². The summed E-state index contributed by atoms with van der Waals surface area (Å²) >= 11 is 0. The average molecular weight is 484 g/mol. The maximum absolute atomic E-state index is 4.32. The van der Waals surface area contributed by atoms with Crippen molar-refractivity contribution in [3.63, 3.8) is 0 Å². The Morgan fingerprint density at radius 2 is 1.89 bits per heavy atom. The van der Waals surface area contributed by atoms with Gasteiger partial charge in [-0.1, -0.05) is 26.0 Å². The molecule has 1 aromatic carbocycles. The van der Waals surface area contributed by atoms with Gasteiger partial charge in [0.25, 0.3) is 0 Å². The summed E-state index contributed by atoms with van der Waals surface area (Å²) in [5, 5.41) is 11.1. The number of hydrogen-bond donors (Lipinski definition) is 2. The van der Waals surface area contributed by atoms with Crippen LogP contribution in [0.15, 0.2) is 47.7 Å². The highest BCUT2D eigenvalue weighted by molar-refractivity contribution is 14.0. The average Bonchev–Trinajstić information content (AvgIpc) is 3.12. The lowest BCUT2D eigenvalue weighted by atomic mass is 9.93. The van der Waals surface area contributed by atoms with Gasteiger partial charge in [0.1, 0.15) is 0 Å². The number of aromatic nitrogens is 2. The van der Waals surface area contributed by atoms with Crippen molar-refractivity contribution < 1.29 is 0 Å². The van der Waals surface area contributed by atoms with Crippen LogP contribution in [0.4, 0.5) is 0 Å². The summed E-state index contributed by atoms with van der Waals surface area (Å²) in [7, 11) is 6.02. The van der Waals surface area contributed by atoms with E-state index in [1.807, 2.05) is 24.0 Å². The molecular formula is C20H33IN6. The molecule has 2 N–H and O–H groups in total. The second-order valence-electron chi connectivity index (χ2n) is 7.62. The molecule has 6 nitrogen and oxygen atoms in total. The normalized spacial score (nSPS) is 12.0. The van der Waals surface area contributed by atoms with Crippen molar-refractivity contribution in [1.82, 2.24) is 25.3 Å². The molecule has 1 aromatic heterocycles. The maximum Gasteiger partial charge on any atom is 0.191 e. The Labute approximate surface area is 180 Å². The minimum absolute atomic E-state index is 0. The van der Waals surface area contributed by atoms with Crippen LogP contribution >= 0.6 is 24.0 Å². The van der Waals surface area contributed by atoms with E-state index in [2.05, 4.69) is 77.8 Å². The van der Waals surface area contributed by atoms with Crippen molar-refractivity contribution in [3.05, 3.63) is 48.3 Å². The third-order valence-corrected chi connectivity index (χ3v) is 4.11. The van der Waals surface area contributed by atoms with Gasteiger partial charge in [-0.2, -0.15) is 5.10 Å². The Balaban J connectivity index is 0.00000364. The molecule has 0 aliphatic rings. The van der Waals surface area contributed by atoms with Gasteiger partial charge in [0.15, 0.2) is 5.96 Å². The molecule has 0 spiro atoms. The largest absolute Gasteiger partial charge is 0.356 e. The summed E-state index contributed by atoms with van der Waals surface area (Å²) in [6.45, 7) is 7.26. The van der Waals surface area contributed by atoms with E-state index in [0.29, 0.717) is 0 Å². The highest BCUT2D eigenvalue weighted by Crippen LogP contribution is 2.14. The van der Waals surface area contributed by atoms with E-state index in [1.165, 1.54) is 5.56 Å². The Morgan fingerprint density at radius 1 is 1.19 bits per heavy atom. The van der Waals surface area contributed by atoms with Crippen molar-refractivity contribution in [3.8, 4) is 5.69 Å². The highest BCUT2D eigenvalue weighted by Gasteiger charge is 2.19. The van der Waals surface area contributed by atoms with Gasteiger partial charge in [-0.25, -0.2) is 4.68 Å². The van der Waals surface area contributed by atoms with Gasteiger partial charge >= 0.3 is 0 Å². The summed E-state index contributed by atoms with van der Waals surface area (Å²) in [5.41, 5.74) is 2.55. The first-order valence-corrected chi connectivity index (χ1v) is 9.08. The van der Waals surface area contributed by atoms with Gasteiger partial charge in [0.2, 0.25) is 0 Å². The number of nitrogens with one attached hydrogen (secondary N) is 2. The van der Waals surface area contributed by atoms with Crippen molar-refractivity contribution in [2.75, 3.05) is 40.8 Å². The fourth-order valence-corrected chi connectivity index (χ4v) is 3.02. The van der Waals surface area contributed by atoms with Crippen molar-refractivity contribution in [1.29, 1.82) is 0 Å². The number of nitrogens with zero attached hydrogens (tertiary/aromatic N) is 4. The molecule has 0 radical (unpaired) electrons. The Kier molecular flexibility index (Phi) is 9.79. The minimum atomic E-state index is 0. The quantitative estimate of drug-likeness (QED) is 0.344. The third kappa shape index (κ3) is 8.30. The number of guanidine groups is 1. The second kappa shape index (κ2) is 11.3. The monoisotopic (exact) mass is 484 g/mol. The van der Waals surface area contributed by atoms with Crippen LogP contribution in [0.5, 0.6) is 0 Å².